The smallest absolute Gasteiger partial charge is 0.303 e. The first kappa shape index (κ1) is 11.4. The predicted octanol–water partition coefficient (Wildman–Crippen LogP) is 1.37. The number of aromatic nitrogens is 2. The summed E-state index contributed by atoms with van der Waals surface area (Å²) in [6.45, 7) is 4.38. The van der Waals surface area contributed by atoms with Crippen LogP contribution in [0.4, 0.5) is 5.95 Å². The van der Waals surface area contributed by atoms with Crippen LogP contribution in [0.15, 0.2) is 6.07 Å². The standard InChI is InChI=1S/C10H15N3O2/c1-7-6-8(2)13-10(12-7)11-5-3-4-9(14)15/h6H,3-5H2,1-2H3,(H,14,15)(H,11,12,13). The summed E-state index contributed by atoms with van der Waals surface area (Å²) < 4.78 is 0. The third-order valence-corrected chi connectivity index (χ3v) is 1.83. The number of carboxylic acids is 1. The van der Waals surface area contributed by atoms with Crippen molar-refractivity contribution in [1.82, 2.24) is 9.97 Å². The molecule has 0 unspecified atom stereocenters. The summed E-state index contributed by atoms with van der Waals surface area (Å²) in [5.41, 5.74) is 1.81. The Morgan fingerprint density at radius 3 is 2.53 bits per heavy atom. The van der Waals surface area contributed by atoms with Gasteiger partial charge in [-0.3, -0.25) is 4.79 Å². The third kappa shape index (κ3) is 4.39. The Morgan fingerprint density at radius 2 is 2.00 bits per heavy atom. The highest BCUT2D eigenvalue weighted by Crippen LogP contribution is 2.03. The Morgan fingerprint density at radius 1 is 1.40 bits per heavy atom. The minimum Gasteiger partial charge on any atom is -0.481 e. The summed E-state index contributed by atoms with van der Waals surface area (Å²) in [5.74, 6) is -0.212. The number of aryl methyl sites for hydroxylation is 2. The molecule has 0 amide bonds. The zero-order valence-corrected chi connectivity index (χ0v) is 8.95. The summed E-state index contributed by atoms with van der Waals surface area (Å²) in [6, 6.07) is 1.89. The Labute approximate surface area is 88.6 Å². The Bertz CT molecular complexity index is 332. The van der Waals surface area contributed by atoms with Crippen molar-refractivity contribution in [2.45, 2.75) is 26.7 Å². The molecule has 0 aliphatic rings. The predicted molar refractivity (Wildman–Crippen MR) is 56.9 cm³/mol. The van der Waals surface area contributed by atoms with Gasteiger partial charge in [-0.05, 0) is 26.3 Å². The van der Waals surface area contributed by atoms with E-state index in [2.05, 4.69) is 15.3 Å². The van der Waals surface area contributed by atoms with Crippen LogP contribution in [0.2, 0.25) is 0 Å². The topological polar surface area (TPSA) is 75.1 Å². The fraction of sp³-hybridized carbons (Fsp3) is 0.500. The summed E-state index contributed by atoms with van der Waals surface area (Å²) in [7, 11) is 0. The van der Waals surface area contributed by atoms with Crippen molar-refractivity contribution in [2.75, 3.05) is 11.9 Å². The van der Waals surface area contributed by atoms with Crippen molar-refractivity contribution < 1.29 is 9.90 Å². The van der Waals surface area contributed by atoms with E-state index in [0.717, 1.165) is 11.4 Å². The van der Waals surface area contributed by atoms with E-state index in [4.69, 9.17) is 5.11 Å². The molecule has 0 aliphatic carbocycles. The van der Waals surface area contributed by atoms with Gasteiger partial charge in [0.05, 0.1) is 0 Å². The van der Waals surface area contributed by atoms with Gasteiger partial charge in [-0.25, -0.2) is 9.97 Å². The monoisotopic (exact) mass is 209 g/mol. The van der Waals surface area contributed by atoms with E-state index in [0.29, 0.717) is 18.9 Å². The normalized spacial score (nSPS) is 10.0. The van der Waals surface area contributed by atoms with Crippen LogP contribution in [-0.2, 0) is 4.79 Å². The van der Waals surface area contributed by atoms with E-state index in [9.17, 15) is 4.79 Å². The molecule has 1 rings (SSSR count). The summed E-state index contributed by atoms with van der Waals surface area (Å²) in [6.07, 6.45) is 0.740. The molecule has 1 heterocycles. The third-order valence-electron chi connectivity index (χ3n) is 1.83. The van der Waals surface area contributed by atoms with E-state index >= 15 is 0 Å². The molecule has 1 aromatic rings. The Balaban J connectivity index is 2.40. The molecule has 15 heavy (non-hydrogen) atoms. The second-order valence-electron chi connectivity index (χ2n) is 3.40. The fourth-order valence-corrected chi connectivity index (χ4v) is 1.24. The molecular formula is C10H15N3O2. The van der Waals surface area contributed by atoms with Crippen LogP contribution in [0.5, 0.6) is 0 Å². The van der Waals surface area contributed by atoms with Crippen LogP contribution < -0.4 is 5.32 Å². The molecule has 0 aromatic carbocycles. The number of nitrogens with zero attached hydrogens (tertiary/aromatic N) is 2. The second-order valence-corrected chi connectivity index (χ2v) is 3.40. The number of carboxylic acid groups (broad SMARTS) is 1. The quantitative estimate of drug-likeness (QED) is 0.716. The molecule has 1 aromatic heterocycles. The van der Waals surface area contributed by atoms with Crippen LogP contribution in [0.3, 0.4) is 0 Å². The van der Waals surface area contributed by atoms with Crippen molar-refractivity contribution in [3.8, 4) is 0 Å². The van der Waals surface area contributed by atoms with Gasteiger partial charge in [0.1, 0.15) is 0 Å². The van der Waals surface area contributed by atoms with E-state index < -0.39 is 5.97 Å². The van der Waals surface area contributed by atoms with Crippen molar-refractivity contribution in [3.63, 3.8) is 0 Å². The van der Waals surface area contributed by atoms with Crippen LogP contribution in [0.1, 0.15) is 24.2 Å². The van der Waals surface area contributed by atoms with E-state index in [-0.39, 0.29) is 6.42 Å². The van der Waals surface area contributed by atoms with Crippen LogP contribution >= 0.6 is 0 Å². The van der Waals surface area contributed by atoms with Gasteiger partial charge in [-0.15, -0.1) is 0 Å². The number of anilines is 1. The van der Waals surface area contributed by atoms with Crippen LogP contribution in [-0.4, -0.2) is 27.6 Å². The lowest BCUT2D eigenvalue weighted by atomic mass is 10.3. The molecule has 2 N–H and O–H groups in total. The van der Waals surface area contributed by atoms with Gasteiger partial charge in [0.2, 0.25) is 5.95 Å². The largest absolute Gasteiger partial charge is 0.481 e. The number of rotatable bonds is 5. The molecule has 82 valence electrons. The number of hydrogen-bond donors (Lipinski definition) is 2. The molecule has 0 saturated heterocycles. The molecule has 0 aliphatic heterocycles. The van der Waals surface area contributed by atoms with Crippen LogP contribution in [0, 0.1) is 13.8 Å². The Hall–Kier alpha value is -1.65. The zero-order chi connectivity index (χ0) is 11.3. The molecule has 0 spiro atoms. The maximum atomic E-state index is 10.3. The number of carbonyl (C=O) groups is 1. The summed E-state index contributed by atoms with van der Waals surface area (Å²) in [4.78, 5) is 18.6. The lowest BCUT2D eigenvalue weighted by molar-refractivity contribution is -0.137. The van der Waals surface area contributed by atoms with Crippen molar-refractivity contribution in [3.05, 3.63) is 17.5 Å². The van der Waals surface area contributed by atoms with Gasteiger partial charge in [0.15, 0.2) is 0 Å². The number of aliphatic carboxylic acids is 1. The molecule has 0 atom stereocenters. The first-order valence-electron chi connectivity index (χ1n) is 4.86. The first-order chi connectivity index (χ1) is 7.08. The molecule has 5 heteroatoms. The van der Waals surface area contributed by atoms with Crippen molar-refractivity contribution in [2.24, 2.45) is 0 Å². The fourth-order valence-electron chi connectivity index (χ4n) is 1.24. The molecule has 0 radical (unpaired) electrons. The SMILES string of the molecule is Cc1cc(C)nc(NCCCC(=O)O)n1. The highest BCUT2D eigenvalue weighted by Gasteiger charge is 1.99. The van der Waals surface area contributed by atoms with Gasteiger partial charge >= 0.3 is 5.97 Å². The van der Waals surface area contributed by atoms with Crippen molar-refractivity contribution in [1.29, 1.82) is 0 Å². The van der Waals surface area contributed by atoms with E-state index in [1.165, 1.54) is 0 Å². The molecular weight excluding hydrogens is 194 g/mol. The molecule has 5 nitrogen and oxygen atoms in total. The molecule has 0 fully saturated rings. The van der Waals surface area contributed by atoms with E-state index in [1.54, 1.807) is 0 Å². The average molecular weight is 209 g/mol. The van der Waals surface area contributed by atoms with Crippen LogP contribution in [0.25, 0.3) is 0 Å². The second kappa shape index (κ2) is 5.29. The number of nitrogens with one attached hydrogen (secondary N) is 1. The van der Waals surface area contributed by atoms with Gasteiger partial charge in [0, 0.05) is 24.4 Å². The van der Waals surface area contributed by atoms with Gasteiger partial charge in [-0.1, -0.05) is 0 Å². The lowest BCUT2D eigenvalue weighted by Crippen LogP contribution is -2.08. The highest BCUT2D eigenvalue weighted by molar-refractivity contribution is 5.66. The Kier molecular flexibility index (Phi) is 4.03. The average Bonchev–Trinajstić information content (AvgIpc) is 2.10. The minimum atomic E-state index is -0.779. The van der Waals surface area contributed by atoms with E-state index in [1.807, 2.05) is 19.9 Å². The van der Waals surface area contributed by atoms with Gasteiger partial charge in [0.25, 0.3) is 0 Å². The van der Waals surface area contributed by atoms with Gasteiger partial charge in [-0.2, -0.15) is 0 Å². The van der Waals surface area contributed by atoms with Crippen molar-refractivity contribution >= 4 is 11.9 Å². The minimum absolute atomic E-state index is 0.164. The van der Waals surface area contributed by atoms with Gasteiger partial charge < -0.3 is 10.4 Å². The summed E-state index contributed by atoms with van der Waals surface area (Å²) >= 11 is 0. The maximum Gasteiger partial charge on any atom is 0.303 e. The maximum absolute atomic E-state index is 10.3. The molecule has 0 saturated carbocycles. The highest BCUT2D eigenvalue weighted by atomic mass is 16.4. The molecule has 0 bridgehead atoms. The summed E-state index contributed by atoms with van der Waals surface area (Å²) in [5, 5.41) is 11.4. The number of hydrogen-bond acceptors (Lipinski definition) is 4. The first-order valence-corrected chi connectivity index (χ1v) is 4.86. The zero-order valence-electron chi connectivity index (χ0n) is 8.95. The lowest BCUT2D eigenvalue weighted by Gasteiger charge is -2.05.